The first-order valence-corrected chi connectivity index (χ1v) is 5.24. The van der Waals surface area contributed by atoms with Crippen LogP contribution in [-0.2, 0) is 0 Å². The lowest BCUT2D eigenvalue weighted by Gasteiger charge is -2.06. The van der Waals surface area contributed by atoms with Crippen LogP contribution in [0.2, 0.25) is 0 Å². The molecule has 0 saturated heterocycles. The molecule has 1 rings (SSSR count). The van der Waals surface area contributed by atoms with Gasteiger partial charge in [-0.05, 0) is 31.6 Å². The minimum Gasteiger partial charge on any atom is -0.390 e. The highest BCUT2D eigenvalue weighted by molar-refractivity contribution is 5.50. The minimum absolute atomic E-state index is 0.749. The first-order chi connectivity index (χ1) is 7.61. The fraction of sp³-hybridized carbons (Fsp3) is 0.308. The van der Waals surface area contributed by atoms with Gasteiger partial charge in [0.15, 0.2) is 0 Å². The van der Waals surface area contributed by atoms with Crippen molar-refractivity contribution in [3.8, 4) is 0 Å². The van der Waals surface area contributed by atoms with E-state index in [2.05, 4.69) is 4.98 Å². The van der Waals surface area contributed by atoms with Gasteiger partial charge in [-0.3, -0.25) is 4.98 Å². The largest absolute Gasteiger partial charge is 0.390 e. The van der Waals surface area contributed by atoms with Crippen molar-refractivity contribution >= 4 is 6.08 Å². The second-order valence-corrected chi connectivity index (χ2v) is 3.68. The highest BCUT2D eigenvalue weighted by Gasteiger charge is 2.04. The summed E-state index contributed by atoms with van der Waals surface area (Å²) in [4.78, 5) is 4.20. The number of aliphatic hydroxyl groups is 2. The summed E-state index contributed by atoms with van der Waals surface area (Å²) in [6.07, 6.45) is 7.06. The SMILES string of the molecule is Cc1cccnc1/C=C/C=C/[C@@H](O)[C@H](C)O. The predicted octanol–water partition coefficient (Wildman–Crippen LogP) is 1.70. The van der Waals surface area contributed by atoms with E-state index in [-0.39, 0.29) is 0 Å². The van der Waals surface area contributed by atoms with Crippen LogP contribution in [0, 0.1) is 6.92 Å². The summed E-state index contributed by atoms with van der Waals surface area (Å²) in [6, 6.07) is 3.88. The smallest absolute Gasteiger partial charge is 0.0980 e. The zero-order chi connectivity index (χ0) is 12.0. The van der Waals surface area contributed by atoms with Gasteiger partial charge in [0.05, 0.1) is 17.9 Å². The van der Waals surface area contributed by atoms with Gasteiger partial charge in [0.1, 0.15) is 0 Å². The van der Waals surface area contributed by atoms with Crippen molar-refractivity contribution < 1.29 is 10.2 Å². The lowest BCUT2D eigenvalue weighted by molar-refractivity contribution is 0.0619. The van der Waals surface area contributed by atoms with Crippen LogP contribution in [-0.4, -0.2) is 27.4 Å². The molecule has 1 aromatic heterocycles. The fourth-order valence-corrected chi connectivity index (χ4v) is 1.16. The normalized spacial score (nSPS) is 15.8. The highest BCUT2D eigenvalue weighted by atomic mass is 16.3. The Labute approximate surface area is 95.8 Å². The molecule has 0 radical (unpaired) electrons. The summed E-state index contributed by atoms with van der Waals surface area (Å²) in [5, 5.41) is 18.3. The molecule has 0 unspecified atom stereocenters. The van der Waals surface area contributed by atoms with Crippen molar-refractivity contribution in [2.45, 2.75) is 26.1 Å². The number of aromatic nitrogens is 1. The molecule has 2 N–H and O–H groups in total. The van der Waals surface area contributed by atoms with Crippen molar-refractivity contribution in [3.63, 3.8) is 0 Å². The van der Waals surface area contributed by atoms with Gasteiger partial charge in [0, 0.05) is 6.20 Å². The lowest BCUT2D eigenvalue weighted by Crippen LogP contribution is -2.19. The number of hydrogen-bond acceptors (Lipinski definition) is 3. The molecule has 16 heavy (non-hydrogen) atoms. The number of pyridine rings is 1. The Morgan fingerprint density at radius 3 is 2.69 bits per heavy atom. The van der Waals surface area contributed by atoms with Gasteiger partial charge in [-0.2, -0.15) is 0 Å². The number of rotatable bonds is 4. The van der Waals surface area contributed by atoms with Crippen molar-refractivity contribution in [1.82, 2.24) is 4.98 Å². The summed E-state index contributed by atoms with van der Waals surface area (Å²) in [5.41, 5.74) is 2.00. The number of allylic oxidation sites excluding steroid dienone is 2. The molecule has 0 aliphatic rings. The fourth-order valence-electron chi connectivity index (χ4n) is 1.16. The van der Waals surface area contributed by atoms with Crippen molar-refractivity contribution in [2.75, 3.05) is 0 Å². The van der Waals surface area contributed by atoms with Gasteiger partial charge >= 0.3 is 0 Å². The second-order valence-electron chi connectivity index (χ2n) is 3.68. The molecule has 0 aromatic carbocycles. The Morgan fingerprint density at radius 2 is 2.06 bits per heavy atom. The molecular weight excluding hydrogens is 202 g/mol. The van der Waals surface area contributed by atoms with Crippen LogP contribution in [0.1, 0.15) is 18.2 Å². The van der Waals surface area contributed by atoms with Gasteiger partial charge < -0.3 is 10.2 Å². The van der Waals surface area contributed by atoms with Crippen LogP contribution in [0.4, 0.5) is 0 Å². The van der Waals surface area contributed by atoms with E-state index in [0.29, 0.717) is 0 Å². The minimum atomic E-state index is -0.825. The Kier molecular flexibility index (Phi) is 4.89. The highest BCUT2D eigenvalue weighted by Crippen LogP contribution is 2.05. The molecule has 1 aromatic rings. The Bertz CT molecular complexity index is 383. The number of aryl methyl sites for hydroxylation is 1. The molecular formula is C13H17NO2. The zero-order valence-electron chi connectivity index (χ0n) is 9.54. The quantitative estimate of drug-likeness (QED) is 0.758. The monoisotopic (exact) mass is 219 g/mol. The second kappa shape index (κ2) is 6.20. The molecule has 0 bridgehead atoms. The molecule has 0 fully saturated rings. The molecule has 3 nitrogen and oxygen atoms in total. The van der Waals surface area contributed by atoms with Crippen LogP contribution in [0.5, 0.6) is 0 Å². The number of nitrogens with zero attached hydrogens (tertiary/aromatic N) is 1. The lowest BCUT2D eigenvalue weighted by atomic mass is 10.2. The van der Waals surface area contributed by atoms with Gasteiger partial charge in [-0.1, -0.05) is 24.3 Å². The molecule has 0 saturated carbocycles. The third-order valence-corrected chi connectivity index (χ3v) is 2.22. The summed E-state index contributed by atoms with van der Waals surface area (Å²) in [5.74, 6) is 0. The van der Waals surface area contributed by atoms with Crippen LogP contribution >= 0.6 is 0 Å². The molecule has 0 aliphatic carbocycles. The maximum absolute atomic E-state index is 9.29. The Morgan fingerprint density at radius 1 is 1.31 bits per heavy atom. The molecule has 0 aliphatic heterocycles. The van der Waals surface area contributed by atoms with E-state index in [4.69, 9.17) is 5.11 Å². The van der Waals surface area contributed by atoms with E-state index >= 15 is 0 Å². The number of hydrogen-bond donors (Lipinski definition) is 2. The van der Waals surface area contributed by atoms with Crippen LogP contribution < -0.4 is 0 Å². The van der Waals surface area contributed by atoms with Crippen LogP contribution in [0.15, 0.2) is 36.6 Å². The van der Waals surface area contributed by atoms with Crippen LogP contribution in [0.3, 0.4) is 0 Å². The first-order valence-electron chi connectivity index (χ1n) is 5.24. The molecule has 0 amide bonds. The first kappa shape index (κ1) is 12.6. The molecule has 0 spiro atoms. The van der Waals surface area contributed by atoms with Gasteiger partial charge in [0.2, 0.25) is 0 Å². The maximum Gasteiger partial charge on any atom is 0.0980 e. The van der Waals surface area contributed by atoms with Crippen molar-refractivity contribution in [1.29, 1.82) is 0 Å². The average molecular weight is 219 g/mol. The third-order valence-electron chi connectivity index (χ3n) is 2.22. The van der Waals surface area contributed by atoms with Crippen molar-refractivity contribution in [3.05, 3.63) is 47.8 Å². The summed E-state index contributed by atoms with van der Waals surface area (Å²) in [6.45, 7) is 3.53. The third kappa shape index (κ3) is 3.96. The molecule has 2 atom stereocenters. The maximum atomic E-state index is 9.29. The van der Waals surface area contributed by atoms with Crippen LogP contribution in [0.25, 0.3) is 6.08 Å². The van der Waals surface area contributed by atoms with Gasteiger partial charge in [-0.15, -0.1) is 0 Å². The van der Waals surface area contributed by atoms with Gasteiger partial charge in [-0.25, -0.2) is 0 Å². The van der Waals surface area contributed by atoms with E-state index in [1.165, 1.54) is 0 Å². The van der Waals surface area contributed by atoms with E-state index < -0.39 is 12.2 Å². The summed E-state index contributed by atoms with van der Waals surface area (Å²) >= 11 is 0. The Balaban J connectivity index is 2.59. The molecule has 1 heterocycles. The van der Waals surface area contributed by atoms with E-state index in [1.807, 2.05) is 25.1 Å². The van der Waals surface area contributed by atoms with Gasteiger partial charge in [0.25, 0.3) is 0 Å². The topological polar surface area (TPSA) is 53.4 Å². The Hall–Kier alpha value is -1.45. The van der Waals surface area contributed by atoms with E-state index in [0.717, 1.165) is 11.3 Å². The van der Waals surface area contributed by atoms with E-state index in [1.54, 1.807) is 31.3 Å². The predicted molar refractivity (Wildman–Crippen MR) is 64.8 cm³/mol. The molecule has 86 valence electrons. The number of aliphatic hydroxyl groups excluding tert-OH is 2. The van der Waals surface area contributed by atoms with Crippen molar-refractivity contribution in [2.24, 2.45) is 0 Å². The summed E-state index contributed by atoms with van der Waals surface area (Å²) in [7, 11) is 0. The zero-order valence-corrected chi connectivity index (χ0v) is 9.54. The summed E-state index contributed by atoms with van der Waals surface area (Å²) < 4.78 is 0. The molecule has 3 heteroatoms. The van der Waals surface area contributed by atoms with E-state index in [9.17, 15) is 5.11 Å². The standard InChI is InChI=1S/C13H17NO2/c1-10-6-5-9-14-12(10)7-3-4-8-13(16)11(2)15/h3-9,11,13,15-16H,1-2H3/b7-3+,8-4+/t11-,13+/m0/s1. The average Bonchev–Trinajstić information content (AvgIpc) is 2.26.